The van der Waals surface area contributed by atoms with Crippen molar-refractivity contribution in [3.63, 3.8) is 0 Å². The average Bonchev–Trinajstić information content (AvgIpc) is 3.69. The molecule has 2 fully saturated rings. The van der Waals surface area contributed by atoms with Gasteiger partial charge in [0.1, 0.15) is 5.02 Å². The van der Waals surface area contributed by atoms with Crippen molar-refractivity contribution in [2.75, 3.05) is 85.7 Å². The second-order valence-electron chi connectivity index (χ2n) is 11.8. The van der Waals surface area contributed by atoms with Gasteiger partial charge in [0.25, 0.3) is 0 Å². The quantitative estimate of drug-likeness (QED) is 0.392. The maximum Gasteiger partial charge on any atom is 0.232 e. The Balaban J connectivity index is 1.08. The molecule has 44 heavy (non-hydrogen) atoms. The molecule has 2 saturated heterocycles. The van der Waals surface area contributed by atoms with Gasteiger partial charge in [0.05, 0.1) is 35.2 Å². The molecule has 4 aliphatic rings. The maximum absolute atomic E-state index is 12.4. The number of piperazine rings is 1. The SMILES string of the molecule is CN1CCN(C2CCN(c3ccc(Nc4ncc(Cl)c(Nc5cccc6c5N(S(C)(=O)=O)CC6)n4)c4c3OCO4)CC2)CC1. The van der Waals surface area contributed by atoms with Gasteiger partial charge in [-0.25, -0.2) is 13.4 Å². The third-order valence-corrected chi connectivity index (χ3v) is 10.4. The molecule has 3 aromatic rings. The van der Waals surface area contributed by atoms with Crippen LogP contribution in [0.3, 0.4) is 0 Å². The number of anilines is 6. The number of nitrogens with one attached hydrogen (secondary N) is 2. The number of halogens is 1. The molecule has 7 rings (SSSR count). The van der Waals surface area contributed by atoms with Crippen LogP contribution in [0.25, 0.3) is 0 Å². The van der Waals surface area contributed by atoms with Crippen LogP contribution in [0.5, 0.6) is 11.5 Å². The van der Waals surface area contributed by atoms with Crippen LogP contribution < -0.4 is 29.3 Å². The highest BCUT2D eigenvalue weighted by Gasteiger charge is 2.32. The van der Waals surface area contributed by atoms with Gasteiger partial charge in [-0.3, -0.25) is 9.21 Å². The second-order valence-corrected chi connectivity index (χ2v) is 14.1. The monoisotopic (exact) mass is 640 g/mol. The predicted octanol–water partition coefficient (Wildman–Crippen LogP) is 3.88. The Bertz CT molecular complexity index is 1660. The largest absolute Gasteiger partial charge is 0.451 e. The van der Waals surface area contributed by atoms with E-state index in [1.807, 2.05) is 24.3 Å². The van der Waals surface area contributed by atoms with Crippen molar-refractivity contribution in [1.82, 2.24) is 19.8 Å². The molecule has 0 radical (unpaired) electrons. The Kier molecular flexibility index (Phi) is 7.81. The molecule has 2 aromatic carbocycles. The van der Waals surface area contributed by atoms with E-state index >= 15 is 0 Å². The van der Waals surface area contributed by atoms with E-state index in [1.165, 1.54) is 16.8 Å². The van der Waals surface area contributed by atoms with Crippen LogP contribution in [-0.4, -0.2) is 100 Å². The molecule has 5 heterocycles. The summed E-state index contributed by atoms with van der Waals surface area (Å²) in [5.74, 6) is 2.01. The van der Waals surface area contributed by atoms with Crippen LogP contribution in [0.15, 0.2) is 36.5 Å². The highest BCUT2D eigenvalue weighted by molar-refractivity contribution is 7.92. The third-order valence-electron chi connectivity index (χ3n) is 8.95. The minimum Gasteiger partial charge on any atom is -0.451 e. The van der Waals surface area contributed by atoms with Crippen LogP contribution in [0.4, 0.5) is 34.5 Å². The zero-order valence-electron chi connectivity index (χ0n) is 24.9. The summed E-state index contributed by atoms with van der Waals surface area (Å²) in [6.07, 6.45) is 5.61. The number of hydrogen-bond acceptors (Lipinski definition) is 11. The van der Waals surface area contributed by atoms with E-state index in [0.29, 0.717) is 58.6 Å². The molecule has 2 N–H and O–H groups in total. The Morgan fingerprint density at radius 2 is 1.70 bits per heavy atom. The average molecular weight is 641 g/mol. The van der Waals surface area contributed by atoms with Gasteiger partial charge in [0.15, 0.2) is 17.3 Å². The lowest BCUT2D eigenvalue weighted by Crippen LogP contribution is -2.52. The van der Waals surface area contributed by atoms with Crippen LogP contribution in [0, 0.1) is 0 Å². The zero-order chi connectivity index (χ0) is 30.4. The number of fused-ring (bicyclic) bond motifs is 2. The number of piperidine rings is 1. The lowest BCUT2D eigenvalue weighted by Gasteiger charge is -2.42. The molecule has 0 amide bonds. The summed E-state index contributed by atoms with van der Waals surface area (Å²) in [6, 6.07) is 10.3. The first-order valence-corrected chi connectivity index (χ1v) is 17.2. The number of para-hydroxylation sites is 1. The number of rotatable bonds is 7. The van der Waals surface area contributed by atoms with E-state index in [2.05, 4.69) is 48.4 Å². The summed E-state index contributed by atoms with van der Waals surface area (Å²) in [7, 11) is -1.24. The maximum atomic E-state index is 12.4. The molecule has 0 aliphatic carbocycles. The normalized spacial score (nSPS) is 19.3. The Morgan fingerprint density at radius 3 is 2.48 bits per heavy atom. The molecule has 0 atom stereocenters. The number of benzene rings is 2. The molecule has 14 heteroatoms. The molecule has 0 bridgehead atoms. The topological polar surface area (TPSA) is 115 Å². The zero-order valence-corrected chi connectivity index (χ0v) is 26.5. The second kappa shape index (κ2) is 11.8. The van der Waals surface area contributed by atoms with E-state index in [0.717, 1.165) is 69.1 Å². The van der Waals surface area contributed by atoms with Gasteiger partial charge in [0, 0.05) is 51.9 Å². The van der Waals surface area contributed by atoms with Crippen molar-refractivity contribution in [2.45, 2.75) is 25.3 Å². The number of hydrogen-bond donors (Lipinski definition) is 2. The molecule has 0 spiro atoms. The predicted molar refractivity (Wildman–Crippen MR) is 173 cm³/mol. The first kappa shape index (κ1) is 29.2. The standard InChI is InChI=1S/C30H37ClN8O4S/c1-36-14-16-37(17-15-36)21-9-11-38(12-10-21)25-7-6-24(27-28(25)43-19-42-27)34-30-32-18-22(31)29(35-30)33-23-5-3-4-20-8-13-39(26(20)23)44(2,40)41/h3-7,18,21H,8-17,19H2,1-2H3,(H2,32,33,34,35). The summed E-state index contributed by atoms with van der Waals surface area (Å²) >= 11 is 6.49. The molecule has 234 valence electrons. The lowest BCUT2D eigenvalue weighted by atomic mass is 10.0. The van der Waals surface area contributed by atoms with Crippen molar-refractivity contribution < 1.29 is 17.9 Å². The molecule has 0 saturated carbocycles. The van der Waals surface area contributed by atoms with E-state index in [1.54, 1.807) is 0 Å². The van der Waals surface area contributed by atoms with E-state index in [9.17, 15) is 8.42 Å². The minimum absolute atomic E-state index is 0.142. The van der Waals surface area contributed by atoms with Crippen LogP contribution >= 0.6 is 11.6 Å². The number of nitrogens with zero attached hydrogens (tertiary/aromatic N) is 6. The van der Waals surface area contributed by atoms with E-state index in [-0.39, 0.29) is 6.79 Å². The summed E-state index contributed by atoms with van der Waals surface area (Å²) in [5, 5.41) is 6.81. The van der Waals surface area contributed by atoms with Crippen molar-refractivity contribution in [1.29, 1.82) is 0 Å². The first-order chi connectivity index (χ1) is 21.2. The summed E-state index contributed by atoms with van der Waals surface area (Å²) in [5.41, 5.74) is 3.89. The summed E-state index contributed by atoms with van der Waals surface area (Å²) in [6.45, 7) is 7.03. The van der Waals surface area contributed by atoms with Crippen molar-refractivity contribution in [2.24, 2.45) is 0 Å². The van der Waals surface area contributed by atoms with Gasteiger partial charge in [-0.1, -0.05) is 23.7 Å². The molecule has 4 aliphatic heterocycles. The van der Waals surface area contributed by atoms with E-state index in [4.69, 9.17) is 21.1 Å². The van der Waals surface area contributed by atoms with Gasteiger partial charge >= 0.3 is 0 Å². The highest BCUT2D eigenvalue weighted by atomic mass is 35.5. The molecular weight excluding hydrogens is 604 g/mol. The van der Waals surface area contributed by atoms with Gasteiger partial charge in [-0.05, 0) is 50.1 Å². The number of likely N-dealkylation sites (N-methyl/N-ethyl adjacent to an activating group) is 1. The Morgan fingerprint density at radius 1 is 0.932 bits per heavy atom. The van der Waals surface area contributed by atoms with Crippen LogP contribution in [0.2, 0.25) is 5.02 Å². The third kappa shape index (κ3) is 5.69. The van der Waals surface area contributed by atoms with Crippen LogP contribution in [-0.2, 0) is 16.4 Å². The number of ether oxygens (including phenoxy) is 2. The van der Waals surface area contributed by atoms with Crippen molar-refractivity contribution in [3.05, 3.63) is 47.1 Å². The lowest BCUT2D eigenvalue weighted by molar-refractivity contribution is 0.0981. The number of aromatic nitrogens is 2. The smallest absolute Gasteiger partial charge is 0.232 e. The molecule has 0 unspecified atom stereocenters. The molecular formula is C30H37ClN8O4S. The summed E-state index contributed by atoms with van der Waals surface area (Å²) in [4.78, 5) is 16.4. The highest BCUT2D eigenvalue weighted by Crippen LogP contribution is 2.48. The Labute approximate surface area is 263 Å². The first-order valence-electron chi connectivity index (χ1n) is 15.0. The Hall–Kier alpha value is -3.52. The molecule has 1 aromatic heterocycles. The van der Waals surface area contributed by atoms with Gasteiger partial charge in [-0.2, -0.15) is 4.98 Å². The fourth-order valence-electron chi connectivity index (χ4n) is 6.61. The van der Waals surface area contributed by atoms with Gasteiger partial charge in [-0.15, -0.1) is 0 Å². The fourth-order valence-corrected chi connectivity index (χ4v) is 7.71. The molecule has 12 nitrogen and oxygen atoms in total. The van der Waals surface area contributed by atoms with E-state index < -0.39 is 10.0 Å². The van der Waals surface area contributed by atoms with Crippen molar-refractivity contribution in [3.8, 4) is 11.5 Å². The number of sulfonamides is 1. The fraction of sp³-hybridized carbons (Fsp3) is 0.467. The van der Waals surface area contributed by atoms with Gasteiger partial charge in [0.2, 0.25) is 22.8 Å². The van der Waals surface area contributed by atoms with Crippen LogP contribution in [0.1, 0.15) is 18.4 Å². The summed E-state index contributed by atoms with van der Waals surface area (Å²) < 4.78 is 38.2. The van der Waals surface area contributed by atoms with Gasteiger partial charge < -0.3 is 29.9 Å². The minimum atomic E-state index is -3.43. The van der Waals surface area contributed by atoms with Crippen molar-refractivity contribution >= 4 is 56.1 Å².